The number of aromatic hydroxyl groups is 1. The van der Waals surface area contributed by atoms with E-state index in [-0.39, 0.29) is 17.2 Å². The highest BCUT2D eigenvalue weighted by Crippen LogP contribution is 2.15. The number of hydrogen-bond acceptors (Lipinski definition) is 4. The third-order valence-corrected chi connectivity index (χ3v) is 3.93. The van der Waals surface area contributed by atoms with E-state index in [1.54, 1.807) is 42.5 Å². The number of nitrogens with zero attached hydrogens (tertiary/aromatic N) is 1. The van der Waals surface area contributed by atoms with Crippen molar-refractivity contribution in [2.45, 2.75) is 0 Å². The Morgan fingerprint density at radius 3 is 2.28 bits per heavy atom. The molecule has 0 bridgehead atoms. The number of phenolic OH excluding ortho intramolecular Hbond substituents is 1. The molecule has 0 aliphatic rings. The molecule has 3 aromatic rings. The van der Waals surface area contributed by atoms with Crippen LogP contribution in [0.15, 0.2) is 90.0 Å². The molecule has 0 aromatic heterocycles. The highest BCUT2D eigenvalue weighted by molar-refractivity contribution is 6.07. The molecule has 0 unspecified atom stereocenters. The Morgan fingerprint density at radius 1 is 0.828 bits per heavy atom. The maximum Gasteiger partial charge on any atom is 0.273 e. The zero-order chi connectivity index (χ0) is 20.5. The molecule has 2 amide bonds. The van der Waals surface area contributed by atoms with Gasteiger partial charge in [0.05, 0.1) is 17.5 Å². The number of carbonyl (C=O) groups is 2. The number of anilines is 1. The molecule has 0 aliphatic heterocycles. The lowest BCUT2D eigenvalue weighted by Crippen LogP contribution is -2.20. The van der Waals surface area contributed by atoms with Gasteiger partial charge < -0.3 is 10.4 Å². The molecule has 144 valence electrons. The second-order valence-corrected chi connectivity index (χ2v) is 6.07. The van der Waals surface area contributed by atoms with Crippen molar-refractivity contribution in [2.24, 2.45) is 5.10 Å². The van der Waals surface area contributed by atoms with Crippen LogP contribution in [0.25, 0.3) is 6.08 Å². The minimum absolute atomic E-state index is 0.150. The van der Waals surface area contributed by atoms with Gasteiger partial charge in [-0.15, -0.1) is 0 Å². The molecule has 3 rings (SSSR count). The Bertz CT molecular complexity index is 1040. The first-order chi connectivity index (χ1) is 14.1. The predicted molar refractivity (Wildman–Crippen MR) is 114 cm³/mol. The Kier molecular flexibility index (Phi) is 6.52. The first-order valence-corrected chi connectivity index (χ1v) is 8.87. The van der Waals surface area contributed by atoms with Gasteiger partial charge in [-0.2, -0.15) is 5.10 Å². The van der Waals surface area contributed by atoms with Crippen molar-refractivity contribution in [3.63, 3.8) is 0 Å². The van der Waals surface area contributed by atoms with Gasteiger partial charge >= 0.3 is 0 Å². The van der Waals surface area contributed by atoms with Crippen molar-refractivity contribution in [1.29, 1.82) is 0 Å². The Labute approximate surface area is 168 Å². The van der Waals surface area contributed by atoms with Gasteiger partial charge in [-0.05, 0) is 53.6 Å². The smallest absolute Gasteiger partial charge is 0.273 e. The summed E-state index contributed by atoms with van der Waals surface area (Å²) in [6.07, 6.45) is 4.56. The summed E-state index contributed by atoms with van der Waals surface area (Å²) in [5.74, 6) is -0.651. The molecular weight excluding hydrogens is 366 g/mol. The van der Waals surface area contributed by atoms with E-state index >= 15 is 0 Å². The van der Waals surface area contributed by atoms with Crippen LogP contribution in [0.5, 0.6) is 5.75 Å². The van der Waals surface area contributed by atoms with Crippen molar-refractivity contribution in [2.75, 3.05) is 5.32 Å². The third kappa shape index (κ3) is 5.90. The van der Waals surface area contributed by atoms with Crippen molar-refractivity contribution >= 4 is 29.8 Å². The minimum atomic E-state index is -0.456. The molecule has 6 nitrogen and oxygen atoms in total. The number of hydrogen-bond donors (Lipinski definition) is 3. The summed E-state index contributed by atoms with van der Waals surface area (Å²) in [6, 6.07) is 22.5. The largest absolute Gasteiger partial charge is 0.508 e. The van der Waals surface area contributed by atoms with Crippen LogP contribution in [0.1, 0.15) is 21.5 Å². The Balaban J connectivity index is 1.64. The number of hydrazone groups is 1. The number of amides is 2. The predicted octanol–water partition coefficient (Wildman–Crippen LogP) is 3.81. The fraction of sp³-hybridized carbons (Fsp3) is 0. The molecule has 0 fully saturated rings. The zero-order valence-corrected chi connectivity index (χ0v) is 15.4. The van der Waals surface area contributed by atoms with E-state index in [2.05, 4.69) is 15.8 Å². The van der Waals surface area contributed by atoms with E-state index in [0.717, 1.165) is 11.1 Å². The maximum absolute atomic E-state index is 12.4. The maximum atomic E-state index is 12.4. The quantitative estimate of drug-likeness (QED) is 0.342. The van der Waals surface area contributed by atoms with Crippen molar-refractivity contribution in [3.8, 4) is 5.75 Å². The van der Waals surface area contributed by atoms with Crippen molar-refractivity contribution < 1.29 is 14.7 Å². The van der Waals surface area contributed by atoms with E-state index in [1.165, 1.54) is 24.4 Å². The van der Waals surface area contributed by atoms with Crippen LogP contribution in [0.2, 0.25) is 0 Å². The second-order valence-electron chi connectivity index (χ2n) is 6.07. The van der Waals surface area contributed by atoms with Gasteiger partial charge in [0.25, 0.3) is 5.91 Å². The topological polar surface area (TPSA) is 90.8 Å². The molecule has 0 aliphatic carbocycles. The van der Waals surface area contributed by atoms with E-state index < -0.39 is 5.91 Å². The average Bonchev–Trinajstić information content (AvgIpc) is 2.75. The highest BCUT2D eigenvalue weighted by atomic mass is 16.3. The molecular formula is C23H19N3O3. The summed E-state index contributed by atoms with van der Waals surface area (Å²) >= 11 is 0. The summed E-state index contributed by atoms with van der Waals surface area (Å²) in [7, 11) is 0. The van der Waals surface area contributed by atoms with Gasteiger partial charge in [0.1, 0.15) is 5.75 Å². The van der Waals surface area contributed by atoms with E-state index in [0.29, 0.717) is 5.69 Å². The number of nitrogens with one attached hydrogen (secondary N) is 2. The van der Waals surface area contributed by atoms with Gasteiger partial charge in [0.2, 0.25) is 5.91 Å². The number of para-hydroxylation sites is 1. The lowest BCUT2D eigenvalue weighted by atomic mass is 10.1. The lowest BCUT2D eigenvalue weighted by Gasteiger charge is -2.08. The molecule has 6 heteroatoms. The number of phenols is 1. The molecule has 0 heterocycles. The molecule has 3 aromatic carbocycles. The number of rotatable bonds is 6. The van der Waals surface area contributed by atoms with Gasteiger partial charge in [-0.25, -0.2) is 5.43 Å². The summed E-state index contributed by atoms with van der Waals surface area (Å²) < 4.78 is 0. The van der Waals surface area contributed by atoms with Crippen LogP contribution >= 0.6 is 0 Å². The SMILES string of the molecule is O=C(/C=C/c1ccccc1)Nc1ccccc1C(=O)N/N=C\c1ccc(O)cc1. The average molecular weight is 385 g/mol. The molecule has 0 atom stereocenters. The molecule has 29 heavy (non-hydrogen) atoms. The van der Waals surface area contributed by atoms with E-state index in [4.69, 9.17) is 0 Å². The van der Waals surface area contributed by atoms with Crippen LogP contribution < -0.4 is 10.7 Å². The standard InChI is InChI=1S/C23H19N3O3/c27-19-13-10-18(11-14-19)16-24-26-23(29)20-8-4-5-9-21(20)25-22(28)15-12-17-6-2-1-3-7-17/h1-16,27H,(H,25,28)(H,26,29)/b15-12+,24-16-. The normalized spacial score (nSPS) is 10.9. The molecule has 0 saturated heterocycles. The van der Waals surface area contributed by atoms with Crippen LogP contribution in [-0.4, -0.2) is 23.1 Å². The number of carbonyl (C=O) groups excluding carboxylic acids is 2. The highest BCUT2D eigenvalue weighted by Gasteiger charge is 2.11. The summed E-state index contributed by atoms with van der Waals surface area (Å²) in [4.78, 5) is 24.6. The van der Waals surface area contributed by atoms with Gasteiger partial charge in [-0.1, -0.05) is 42.5 Å². The summed E-state index contributed by atoms with van der Waals surface area (Å²) in [6.45, 7) is 0. The number of benzene rings is 3. The van der Waals surface area contributed by atoms with E-state index in [9.17, 15) is 14.7 Å². The lowest BCUT2D eigenvalue weighted by molar-refractivity contribution is -0.111. The van der Waals surface area contributed by atoms with Crippen LogP contribution in [-0.2, 0) is 4.79 Å². The first kappa shape index (κ1) is 19.6. The van der Waals surface area contributed by atoms with Gasteiger partial charge in [0, 0.05) is 6.08 Å². The molecule has 3 N–H and O–H groups in total. The minimum Gasteiger partial charge on any atom is -0.508 e. The summed E-state index contributed by atoms with van der Waals surface area (Å²) in [5, 5.41) is 15.9. The monoisotopic (exact) mass is 385 g/mol. The van der Waals surface area contributed by atoms with Crippen LogP contribution in [0, 0.1) is 0 Å². The summed E-state index contributed by atoms with van der Waals surface area (Å²) in [5.41, 5.74) is 4.72. The first-order valence-electron chi connectivity index (χ1n) is 8.87. The van der Waals surface area contributed by atoms with Crippen LogP contribution in [0.4, 0.5) is 5.69 Å². The Morgan fingerprint density at radius 2 is 1.52 bits per heavy atom. The Hall–Kier alpha value is -4.19. The third-order valence-electron chi connectivity index (χ3n) is 3.93. The second kappa shape index (κ2) is 9.66. The zero-order valence-electron chi connectivity index (χ0n) is 15.4. The fourth-order valence-corrected chi connectivity index (χ4v) is 2.49. The fourth-order valence-electron chi connectivity index (χ4n) is 2.49. The van der Waals surface area contributed by atoms with Gasteiger partial charge in [0.15, 0.2) is 0 Å². The van der Waals surface area contributed by atoms with E-state index in [1.807, 2.05) is 30.3 Å². The molecule has 0 spiro atoms. The van der Waals surface area contributed by atoms with Gasteiger partial charge in [-0.3, -0.25) is 9.59 Å². The molecule has 0 saturated carbocycles. The van der Waals surface area contributed by atoms with Crippen molar-refractivity contribution in [3.05, 3.63) is 102 Å². The van der Waals surface area contributed by atoms with Crippen LogP contribution in [0.3, 0.4) is 0 Å². The van der Waals surface area contributed by atoms with Crippen molar-refractivity contribution in [1.82, 2.24) is 5.43 Å². The molecule has 0 radical (unpaired) electrons.